The first kappa shape index (κ1) is 16.8. The number of ether oxygens (including phenoxy) is 1. The number of rotatable bonds is 4. The highest BCUT2D eigenvalue weighted by atomic mass is 35.5. The highest BCUT2D eigenvalue weighted by Gasteiger charge is 2.23. The molecule has 0 radical (unpaired) electrons. The summed E-state index contributed by atoms with van der Waals surface area (Å²) in [6.45, 7) is 3.40. The summed E-state index contributed by atoms with van der Waals surface area (Å²) in [6, 6.07) is 6.63. The molecule has 1 aromatic heterocycles. The molecule has 1 aliphatic rings. The van der Waals surface area contributed by atoms with Gasteiger partial charge in [0.1, 0.15) is 5.69 Å². The van der Waals surface area contributed by atoms with Gasteiger partial charge < -0.3 is 14.6 Å². The predicted octanol–water partition coefficient (Wildman–Crippen LogP) is 2.77. The molecule has 1 N–H and O–H groups in total. The lowest BCUT2D eigenvalue weighted by molar-refractivity contribution is 0.0623. The van der Waals surface area contributed by atoms with Crippen LogP contribution >= 0.6 is 11.6 Å². The molecular formula is C17H19ClFN3O2. The molecule has 2 aromatic rings. The molecule has 7 heteroatoms. The molecule has 0 bridgehead atoms. The van der Waals surface area contributed by atoms with E-state index in [2.05, 4.69) is 9.88 Å². The Morgan fingerprint density at radius 1 is 1.29 bits per heavy atom. The molecule has 1 aromatic carbocycles. The Kier molecular flexibility index (Phi) is 5.06. The first-order valence-electron chi connectivity index (χ1n) is 7.75. The molecule has 0 atom stereocenters. The van der Waals surface area contributed by atoms with Crippen LogP contribution in [0.5, 0.6) is 5.75 Å². The summed E-state index contributed by atoms with van der Waals surface area (Å²) in [6.07, 6.45) is 1.60. The lowest BCUT2D eigenvalue weighted by atomic mass is 10.1. The van der Waals surface area contributed by atoms with Crippen molar-refractivity contribution in [1.29, 1.82) is 0 Å². The number of methoxy groups -OCH3 is 1. The minimum atomic E-state index is -0.354. The van der Waals surface area contributed by atoms with Crippen LogP contribution in [-0.4, -0.2) is 54.0 Å². The molecule has 5 nitrogen and oxygen atoms in total. The Morgan fingerprint density at radius 2 is 2.04 bits per heavy atom. The number of H-pyrrole nitrogens is 1. The fourth-order valence-corrected chi connectivity index (χ4v) is 3.00. The minimum Gasteiger partial charge on any atom is -0.494 e. The number of aromatic nitrogens is 1. The zero-order valence-corrected chi connectivity index (χ0v) is 14.1. The maximum Gasteiger partial charge on any atom is 0.270 e. The molecule has 1 saturated heterocycles. The van der Waals surface area contributed by atoms with E-state index in [0.29, 0.717) is 30.4 Å². The summed E-state index contributed by atoms with van der Waals surface area (Å²) in [5.41, 5.74) is 1.40. The number of nitrogens with zero attached hydrogens (tertiary/aromatic N) is 2. The zero-order valence-electron chi connectivity index (χ0n) is 13.4. The fourth-order valence-electron chi connectivity index (χ4n) is 2.84. The maximum atomic E-state index is 13.8. The molecule has 1 amide bonds. The van der Waals surface area contributed by atoms with Crippen LogP contribution < -0.4 is 4.74 Å². The van der Waals surface area contributed by atoms with Crippen LogP contribution in [0.3, 0.4) is 0 Å². The first-order chi connectivity index (χ1) is 11.6. The van der Waals surface area contributed by atoms with Gasteiger partial charge in [-0.05, 0) is 23.8 Å². The summed E-state index contributed by atoms with van der Waals surface area (Å²) in [4.78, 5) is 19.2. The van der Waals surface area contributed by atoms with Crippen LogP contribution in [0, 0.1) is 5.82 Å². The number of benzene rings is 1. The molecule has 1 aliphatic heterocycles. The number of aromatic amines is 1. The molecule has 0 aliphatic carbocycles. The Bertz CT molecular complexity index is 726. The monoisotopic (exact) mass is 351 g/mol. The maximum absolute atomic E-state index is 13.8. The SMILES string of the molecule is COc1ccc(CN2CCN(C(=O)c3cc(Cl)c[nH]3)CC2)cc1F. The van der Waals surface area contributed by atoms with Gasteiger partial charge in [0.25, 0.3) is 5.91 Å². The van der Waals surface area contributed by atoms with Crippen LogP contribution in [0.25, 0.3) is 0 Å². The second-order valence-electron chi connectivity index (χ2n) is 5.77. The highest BCUT2D eigenvalue weighted by Crippen LogP contribution is 2.19. The van der Waals surface area contributed by atoms with Gasteiger partial charge in [-0.1, -0.05) is 17.7 Å². The van der Waals surface area contributed by atoms with Gasteiger partial charge in [0.15, 0.2) is 11.6 Å². The third-order valence-electron chi connectivity index (χ3n) is 4.16. The van der Waals surface area contributed by atoms with Crippen molar-refractivity contribution in [3.8, 4) is 5.75 Å². The van der Waals surface area contributed by atoms with Gasteiger partial charge in [-0.3, -0.25) is 9.69 Å². The van der Waals surface area contributed by atoms with Crippen molar-refractivity contribution in [3.63, 3.8) is 0 Å². The number of nitrogens with one attached hydrogen (secondary N) is 1. The molecule has 128 valence electrons. The summed E-state index contributed by atoms with van der Waals surface area (Å²) < 4.78 is 18.7. The summed E-state index contributed by atoms with van der Waals surface area (Å²) in [5.74, 6) is -0.150. The number of carbonyl (C=O) groups is 1. The van der Waals surface area contributed by atoms with Crippen molar-refractivity contribution in [2.45, 2.75) is 6.54 Å². The van der Waals surface area contributed by atoms with Gasteiger partial charge in [-0.15, -0.1) is 0 Å². The van der Waals surface area contributed by atoms with E-state index in [0.717, 1.165) is 18.7 Å². The third kappa shape index (κ3) is 3.71. The predicted molar refractivity (Wildman–Crippen MR) is 89.9 cm³/mol. The number of halogens is 2. The normalized spacial score (nSPS) is 15.5. The van der Waals surface area contributed by atoms with Gasteiger partial charge in [0, 0.05) is 38.9 Å². The molecule has 0 unspecified atom stereocenters. The average molecular weight is 352 g/mol. The van der Waals surface area contributed by atoms with E-state index in [1.165, 1.54) is 13.2 Å². The Labute approximate surface area is 145 Å². The Morgan fingerprint density at radius 3 is 2.62 bits per heavy atom. The largest absolute Gasteiger partial charge is 0.494 e. The van der Waals surface area contributed by atoms with E-state index in [1.54, 1.807) is 23.2 Å². The topological polar surface area (TPSA) is 48.6 Å². The summed E-state index contributed by atoms with van der Waals surface area (Å²) >= 11 is 5.84. The Hall–Kier alpha value is -2.05. The molecule has 3 rings (SSSR count). The number of hydrogen-bond acceptors (Lipinski definition) is 3. The quantitative estimate of drug-likeness (QED) is 0.921. The molecular weight excluding hydrogens is 333 g/mol. The van der Waals surface area contributed by atoms with E-state index in [9.17, 15) is 9.18 Å². The Balaban J connectivity index is 1.55. The van der Waals surface area contributed by atoms with E-state index in [1.807, 2.05) is 6.07 Å². The van der Waals surface area contributed by atoms with Crippen LogP contribution in [0.2, 0.25) is 5.02 Å². The average Bonchev–Trinajstić information content (AvgIpc) is 3.02. The van der Waals surface area contributed by atoms with Crippen molar-refractivity contribution in [2.75, 3.05) is 33.3 Å². The van der Waals surface area contributed by atoms with Gasteiger partial charge in [0.05, 0.1) is 12.1 Å². The first-order valence-corrected chi connectivity index (χ1v) is 8.12. The third-order valence-corrected chi connectivity index (χ3v) is 4.38. The highest BCUT2D eigenvalue weighted by molar-refractivity contribution is 6.30. The second kappa shape index (κ2) is 7.23. The van der Waals surface area contributed by atoms with E-state index in [-0.39, 0.29) is 17.5 Å². The van der Waals surface area contributed by atoms with Crippen LogP contribution in [0.4, 0.5) is 4.39 Å². The van der Waals surface area contributed by atoms with Crippen LogP contribution in [-0.2, 0) is 6.54 Å². The van der Waals surface area contributed by atoms with Gasteiger partial charge in [-0.2, -0.15) is 0 Å². The second-order valence-corrected chi connectivity index (χ2v) is 6.21. The van der Waals surface area contributed by atoms with Crippen molar-refractivity contribution in [3.05, 3.63) is 52.6 Å². The number of hydrogen-bond donors (Lipinski definition) is 1. The fraction of sp³-hybridized carbons (Fsp3) is 0.353. The smallest absolute Gasteiger partial charge is 0.270 e. The van der Waals surface area contributed by atoms with Gasteiger partial charge >= 0.3 is 0 Å². The van der Waals surface area contributed by atoms with Crippen LogP contribution in [0.15, 0.2) is 30.5 Å². The van der Waals surface area contributed by atoms with E-state index >= 15 is 0 Å². The molecule has 1 fully saturated rings. The van der Waals surface area contributed by atoms with Gasteiger partial charge in [-0.25, -0.2) is 4.39 Å². The number of piperazine rings is 1. The van der Waals surface area contributed by atoms with Crippen molar-refractivity contribution >= 4 is 17.5 Å². The lowest BCUT2D eigenvalue weighted by Crippen LogP contribution is -2.48. The molecule has 2 heterocycles. The minimum absolute atomic E-state index is 0.0444. The molecule has 24 heavy (non-hydrogen) atoms. The lowest BCUT2D eigenvalue weighted by Gasteiger charge is -2.34. The molecule has 0 saturated carbocycles. The summed E-state index contributed by atoms with van der Waals surface area (Å²) in [7, 11) is 1.45. The van der Waals surface area contributed by atoms with E-state index < -0.39 is 0 Å². The van der Waals surface area contributed by atoms with Crippen molar-refractivity contribution in [1.82, 2.24) is 14.8 Å². The van der Waals surface area contributed by atoms with Gasteiger partial charge in [0.2, 0.25) is 0 Å². The van der Waals surface area contributed by atoms with Crippen LogP contribution in [0.1, 0.15) is 16.1 Å². The standard InChI is InChI=1S/C17H19ClFN3O2/c1-24-16-3-2-12(8-14(16)19)11-21-4-6-22(7-5-21)17(23)15-9-13(18)10-20-15/h2-3,8-10,20H,4-7,11H2,1H3. The number of carbonyl (C=O) groups excluding carboxylic acids is 1. The molecule has 0 spiro atoms. The van der Waals surface area contributed by atoms with Crippen molar-refractivity contribution < 1.29 is 13.9 Å². The summed E-state index contributed by atoms with van der Waals surface area (Å²) in [5, 5.41) is 0.526. The number of amides is 1. The van der Waals surface area contributed by atoms with E-state index in [4.69, 9.17) is 16.3 Å². The van der Waals surface area contributed by atoms with Crippen molar-refractivity contribution in [2.24, 2.45) is 0 Å². The zero-order chi connectivity index (χ0) is 17.1.